The molecule has 150 valence electrons. The smallest absolute Gasteiger partial charge is 0.243 e. The Hall–Kier alpha value is -2.65. The van der Waals surface area contributed by atoms with Crippen molar-refractivity contribution in [2.75, 3.05) is 18.5 Å². The van der Waals surface area contributed by atoms with Crippen molar-refractivity contribution in [1.82, 2.24) is 9.71 Å². The molecule has 1 atom stereocenters. The van der Waals surface area contributed by atoms with Gasteiger partial charge < -0.3 is 14.8 Å². The molecule has 0 saturated carbocycles. The summed E-state index contributed by atoms with van der Waals surface area (Å²) in [5.41, 5.74) is 0.934. The number of sulfonamides is 1. The highest BCUT2D eigenvalue weighted by Gasteiger charge is 2.29. The van der Waals surface area contributed by atoms with E-state index in [1.807, 2.05) is 6.92 Å². The Kier molecular flexibility index (Phi) is 5.85. The van der Waals surface area contributed by atoms with Gasteiger partial charge in [0.25, 0.3) is 0 Å². The number of ether oxygens (including phenoxy) is 2. The van der Waals surface area contributed by atoms with Gasteiger partial charge in [-0.2, -0.15) is 4.72 Å². The van der Waals surface area contributed by atoms with Gasteiger partial charge in [0, 0.05) is 12.3 Å². The maximum absolute atomic E-state index is 12.8. The minimum Gasteiger partial charge on any atom is -0.486 e. The topological polar surface area (TPSA) is 107 Å². The average Bonchev–Trinajstić information content (AvgIpc) is 2.65. The van der Waals surface area contributed by atoms with Crippen molar-refractivity contribution in [3.8, 4) is 11.5 Å². The van der Waals surface area contributed by atoms with E-state index in [9.17, 15) is 13.2 Å². The second-order valence-corrected chi connectivity index (χ2v) is 8.57. The summed E-state index contributed by atoms with van der Waals surface area (Å²) in [4.78, 5) is 16.8. The number of carbonyl (C=O) groups excluding carboxylic acids is 1. The van der Waals surface area contributed by atoms with Crippen LogP contribution in [0.4, 0.5) is 5.82 Å². The standard InChI is InChI=1S/C19H23N3O5S/c1-12(2)18(19(23)21-17-10-13(3)6-7-20-17)22-28(24,25)14-4-5-15-16(11-14)27-9-8-26-15/h4-7,10-12,18,22H,8-9H2,1-3H3,(H,20,21,23)/t18-/m0/s1. The fourth-order valence-electron chi connectivity index (χ4n) is 2.73. The minimum absolute atomic E-state index is 0.00359. The van der Waals surface area contributed by atoms with Crippen molar-refractivity contribution in [2.24, 2.45) is 5.92 Å². The second kappa shape index (κ2) is 8.15. The van der Waals surface area contributed by atoms with Crippen LogP contribution in [0.15, 0.2) is 41.4 Å². The summed E-state index contributed by atoms with van der Waals surface area (Å²) in [7, 11) is -3.95. The van der Waals surface area contributed by atoms with Gasteiger partial charge in [0.1, 0.15) is 25.1 Å². The molecule has 2 N–H and O–H groups in total. The SMILES string of the molecule is Cc1ccnc(NC(=O)[C@@H](NS(=O)(=O)c2ccc3c(c2)OCCO3)C(C)C)c1. The number of amides is 1. The molecule has 0 bridgehead atoms. The molecule has 0 spiro atoms. The number of anilines is 1. The number of nitrogens with one attached hydrogen (secondary N) is 2. The molecule has 1 aromatic carbocycles. The zero-order valence-electron chi connectivity index (χ0n) is 15.9. The van der Waals surface area contributed by atoms with Crippen LogP contribution in [0.25, 0.3) is 0 Å². The lowest BCUT2D eigenvalue weighted by Crippen LogP contribution is -2.47. The maximum Gasteiger partial charge on any atom is 0.243 e. The highest BCUT2D eigenvalue weighted by Crippen LogP contribution is 2.32. The van der Waals surface area contributed by atoms with E-state index in [-0.39, 0.29) is 10.8 Å². The summed E-state index contributed by atoms with van der Waals surface area (Å²) in [5, 5.41) is 2.67. The van der Waals surface area contributed by atoms with Crippen LogP contribution in [-0.2, 0) is 14.8 Å². The molecule has 1 aromatic heterocycles. The zero-order valence-corrected chi connectivity index (χ0v) is 16.7. The van der Waals surface area contributed by atoms with Crippen LogP contribution in [0, 0.1) is 12.8 Å². The molecule has 28 heavy (non-hydrogen) atoms. The third-order valence-electron chi connectivity index (χ3n) is 4.22. The number of aryl methyl sites for hydroxylation is 1. The van der Waals surface area contributed by atoms with E-state index in [0.29, 0.717) is 30.5 Å². The highest BCUT2D eigenvalue weighted by atomic mass is 32.2. The molecule has 0 saturated heterocycles. The Balaban J connectivity index is 1.80. The largest absolute Gasteiger partial charge is 0.486 e. The quantitative estimate of drug-likeness (QED) is 0.762. The average molecular weight is 405 g/mol. The van der Waals surface area contributed by atoms with Crippen molar-refractivity contribution < 1.29 is 22.7 Å². The van der Waals surface area contributed by atoms with E-state index in [0.717, 1.165) is 5.56 Å². The van der Waals surface area contributed by atoms with Crippen molar-refractivity contribution in [2.45, 2.75) is 31.7 Å². The minimum atomic E-state index is -3.95. The number of hydrogen-bond acceptors (Lipinski definition) is 6. The van der Waals surface area contributed by atoms with E-state index >= 15 is 0 Å². The summed E-state index contributed by atoms with van der Waals surface area (Å²) in [6, 6.07) is 6.91. The molecule has 1 amide bonds. The lowest BCUT2D eigenvalue weighted by Gasteiger charge is -2.22. The van der Waals surface area contributed by atoms with Crippen LogP contribution in [-0.4, -0.2) is 38.6 Å². The van der Waals surface area contributed by atoms with Crippen LogP contribution < -0.4 is 19.5 Å². The number of nitrogens with zero attached hydrogens (tertiary/aromatic N) is 1. The predicted octanol–water partition coefficient (Wildman–Crippen LogP) is 2.10. The summed E-state index contributed by atoms with van der Waals surface area (Å²) in [6.45, 7) is 6.17. The summed E-state index contributed by atoms with van der Waals surface area (Å²) >= 11 is 0. The van der Waals surface area contributed by atoms with Gasteiger partial charge >= 0.3 is 0 Å². The summed E-state index contributed by atoms with van der Waals surface area (Å²) < 4.78 is 39.0. The Labute approximate surface area is 164 Å². The highest BCUT2D eigenvalue weighted by molar-refractivity contribution is 7.89. The van der Waals surface area contributed by atoms with Crippen molar-refractivity contribution in [3.63, 3.8) is 0 Å². The molecule has 0 fully saturated rings. The number of pyridine rings is 1. The Morgan fingerprint density at radius 2 is 1.82 bits per heavy atom. The second-order valence-electron chi connectivity index (χ2n) is 6.86. The van der Waals surface area contributed by atoms with Gasteiger partial charge in [0.2, 0.25) is 15.9 Å². The molecule has 2 heterocycles. The first kappa shape index (κ1) is 20.1. The molecule has 9 heteroatoms. The number of benzene rings is 1. The first-order valence-electron chi connectivity index (χ1n) is 8.92. The molecular formula is C19H23N3O5S. The molecule has 3 rings (SSSR count). The predicted molar refractivity (Wildman–Crippen MR) is 104 cm³/mol. The third-order valence-corrected chi connectivity index (χ3v) is 5.66. The molecule has 0 aliphatic carbocycles. The zero-order chi connectivity index (χ0) is 20.3. The number of rotatable bonds is 6. The van der Waals surface area contributed by atoms with Gasteiger partial charge in [-0.1, -0.05) is 13.8 Å². The molecular weight excluding hydrogens is 382 g/mol. The lowest BCUT2D eigenvalue weighted by atomic mass is 10.1. The Morgan fingerprint density at radius 1 is 1.11 bits per heavy atom. The third kappa shape index (κ3) is 4.60. The van der Waals surface area contributed by atoms with Crippen molar-refractivity contribution in [3.05, 3.63) is 42.1 Å². The van der Waals surface area contributed by atoms with E-state index in [4.69, 9.17) is 9.47 Å². The van der Waals surface area contributed by atoms with E-state index in [2.05, 4.69) is 15.0 Å². The first-order chi connectivity index (χ1) is 13.3. The van der Waals surface area contributed by atoms with Crippen LogP contribution in [0.3, 0.4) is 0 Å². The number of hydrogen-bond donors (Lipinski definition) is 2. The number of fused-ring (bicyclic) bond motifs is 1. The Bertz CT molecular complexity index is 975. The Morgan fingerprint density at radius 3 is 2.50 bits per heavy atom. The normalized spacial score (nSPS) is 14.6. The summed E-state index contributed by atoms with van der Waals surface area (Å²) in [5.74, 6) is 0.470. The monoisotopic (exact) mass is 405 g/mol. The van der Waals surface area contributed by atoms with Gasteiger partial charge in [-0.3, -0.25) is 4.79 Å². The van der Waals surface area contributed by atoms with E-state index in [1.54, 1.807) is 38.2 Å². The number of carbonyl (C=O) groups is 1. The van der Waals surface area contributed by atoms with Crippen LogP contribution in [0.2, 0.25) is 0 Å². The van der Waals surface area contributed by atoms with E-state index < -0.39 is 22.0 Å². The molecule has 2 aromatic rings. The van der Waals surface area contributed by atoms with E-state index in [1.165, 1.54) is 12.1 Å². The van der Waals surface area contributed by atoms with Gasteiger partial charge in [0.15, 0.2) is 11.5 Å². The van der Waals surface area contributed by atoms with Gasteiger partial charge in [0.05, 0.1) is 4.90 Å². The van der Waals surface area contributed by atoms with Crippen LogP contribution in [0.1, 0.15) is 19.4 Å². The van der Waals surface area contributed by atoms with Crippen LogP contribution in [0.5, 0.6) is 11.5 Å². The molecule has 1 aliphatic heterocycles. The van der Waals surface area contributed by atoms with Gasteiger partial charge in [-0.15, -0.1) is 0 Å². The van der Waals surface area contributed by atoms with Crippen molar-refractivity contribution in [1.29, 1.82) is 0 Å². The molecule has 0 unspecified atom stereocenters. The van der Waals surface area contributed by atoms with Crippen molar-refractivity contribution >= 4 is 21.7 Å². The molecule has 1 aliphatic rings. The van der Waals surface area contributed by atoms with Gasteiger partial charge in [-0.25, -0.2) is 13.4 Å². The van der Waals surface area contributed by atoms with Crippen LogP contribution >= 0.6 is 0 Å². The molecule has 0 radical (unpaired) electrons. The summed E-state index contributed by atoms with van der Waals surface area (Å²) in [6.07, 6.45) is 1.58. The fourth-order valence-corrected chi connectivity index (χ4v) is 4.09. The fraction of sp³-hybridized carbons (Fsp3) is 0.368. The first-order valence-corrected chi connectivity index (χ1v) is 10.4. The molecule has 8 nitrogen and oxygen atoms in total. The lowest BCUT2D eigenvalue weighted by molar-refractivity contribution is -0.118. The number of aromatic nitrogens is 1. The maximum atomic E-state index is 12.8. The van der Waals surface area contributed by atoms with Gasteiger partial charge in [-0.05, 0) is 42.7 Å².